The number of aromatic nitrogens is 3. The van der Waals surface area contributed by atoms with Crippen LogP contribution in [-0.4, -0.2) is 50.6 Å². The number of nitrogens with zero attached hydrogens (tertiary/aromatic N) is 4. The van der Waals surface area contributed by atoms with Crippen LogP contribution in [0.25, 0.3) is 15.8 Å². The van der Waals surface area contributed by atoms with Crippen molar-refractivity contribution in [2.24, 2.45) is 5.92 Å². The third kappa shape index (κ3) is 2.63. The largest absolute Gasteiger partial charge is 0.346 e. The Bertz CT molecular complexity index is 911. The molecule has 1 aromatic carbocycles. The molecule has 25 heavy (non-hydrogen) atoms. The van der Waals surface area contributed by atoms with Crippen molar-refractivity contribution in [3.63, 3.8) is 0 Å². The molecule has 6 nitrogen and oxygen atoms in total. The average Bonchev–Trinajstić information content (AvgIpc) is 3.32. The van der Waals surface area contributed by atoms with Crippen LogP contribution in [0.3, 0.4) is 0 Å². The Labute approximate surface area is 149 Å². The van der Waals surface area contributed by atoms with Crippen LogP contribution < -0.4 is 5.32 Å². The second-order valence-corrected chi connectivity index (χ2v) is 7.69. The second-order valence-electron chi connectivity index (χ2n) is 6.88. The van der Waals surface area contributed by atoms with Gasteiger partial charge in [0.2, 0.25) is 0 Å². The fourth-order valence-electron chi connectivity index (χ4n) is 4.02. The van der Waals surface area contributed by atoms with E-state index in [0.717, 1.165) is 22.3 Å². The van der Waals surface area contributed by atoms with E-state index in [9.17, 15) is 4.79 Å². The van der Waals surface area contributed by atoms with Crippen LogP contribution in [0.2, 0.25) is 0 Å². The molecule has 1 amide bonds. The third-order valence-corrected chi connectivity index (χ3v) is 6.22. The van der Waals surface area contributed by atoms with E-state index >= 15 is 0 Å². The molecule has 0 unspecified atom stereocenters. The molecule has 2 bridgehead atoms. The first-order chi connectivity index (χ1) is 12.3. The molecule has 1 atom stereocenters. The Morgan fingerprint density at radius 3 is 2.88 bits per heavy atom. The van der Waals surface area contributed by atoms with Gasteiger partial charge in [0.05, 0.1) is 10.4 Å². The molecule has 0 saturated carbocycles. The number of rotatable bonds is 3. The van der Waals surface area contributed by atoms with E-state index in [1.165, 1.54) is 37.5 Å². The van der Waals surface area contributed by atoms with Crippen LogP contribution in [0.5, 0.6) is 0 Å². The zero-order valence-corrected chi connectivity index (χ0v) is 14.6. The standard InChI is InChI=1S/C18H19N5OS/c24-18(20-15-11-22-8-4-12(15)5-9-22)17-14-3-2-13(10-16(14)25-21-17)23-7-1-6-19-23/h1-3,6-7,10,12,15H,4-5,8-9,11H2,(H,20,24)/t15-/m1/s1. The summed E-state index contributed by atoms with van der Waals surface area (Å²) in [5, 5.41) is 8.40. The van der Waals surface area contributed by atoms with E-state index in [-0.39, 0.29) is 11.9 Å². The first-order valence-corrected chi connectivity index (χ1v) is 9.48. The van der Waals surface area contributed by atoms with E-state index in [4.69, 9.17) is 0 Å². The summed E-state index contributed by atoms with van der Waals surface area (Å²) in [5.41, 5.74) is 1.52. The molecule has 3 aromatic rings. The molecule has 7 heteroatoms. The van der Waals surface area contributed by atoms with Gasteiger partial charge in [0.25, 0.3) is 5.91 Å². The number of carbonyl (C=O) groups is 1. The van der Waals surface area contributed by atoms with Crippen LogP contribution in [0.4, 0.5) is 0 Å². The van der Waals surface area contributed by atoms with Gasteiger partial charge in [-0.15, -0.1) is 0 Å². The number of piperidine rings is 3. The maximum Gasteiger partial charge on any atom is 0.271 e. The van der Waals surface area contributed by atoms with Gasteiger partial charge in [0.1, 0.15) is 5.69 Å². The number of fused-ring (bicyclic) bond motifs is 4. The summed E-state index contributed by atoms with van der Waals surface area (Å²) in [7, 11) is 0. The Balaban J connectivity index is 1.40. The zero-order chi connectivity index (χ0) is 16.8. The van der Waals surface area contributed by atoms with Crippen LogP contribution in [0.15, 0.2) is 36.7 Å². The van der Waals surface area contributed by atoms with Crippen molar-refractivity contribution in [1.29, 1.82) is 0 Å². The monoisotopic (exact) mass is 353 g/mol. The van der Waals surface area contributed by atoms with Gasteiger partial charge in [-0.3, -0.25) is 4.79 Å². The van der Waals surface area contributed by atoms with Crippen molar-refractivity contribution in [3.8, 4) is 5.69 Å². The van der Waals surface area contributed by atoms with Gasteiger partial charge in [0.15, 0.2) is 0 Å². The van der Waals surface area contributed by atoms with Gasteiger partial charge in [-0.2, -0.15) is 9.47 Å². The van der Waals surface area contributed by atoms with E-state index in [0.29, 0.717) is 11.6 Å². The molecule has 3 fully saturated rings. The summed E-state index contributed by atoms with van der Waals surface area (Å²) in [6.45, 7) is 3.32. The van der Waals surface area contributed by atoms with Gasteiger partial charge in [0, 0.05) is 30.4 Å². The smallest absolute Gasteiger partial charge is 0.271 e. The summed E-state index contributed by atoms with van der Waals surface area (Å²) in [6.07, 6.45) is 6.04. The first kappa shape index (κ1) is 15.0. The van der Waals surface area contributed by atoms with Gasteiger partial charge < -0.3 is 10.2 Å². The summed E-state index contributed by atoms with van der Waals surface area (Å²) in [4.78, 5) is 15.2. The molecule has 3 aliphatic rings. The highest BCUT2D eigenvalue weighted by Gasteiger charge is 2.35. The van der Waals surface area contributed by atoms with Gasteiger partial charge in [-0.25, -0.2) is 4.68 Å². The number of amides is 1. The molecule has 0 radical (unpaired) electrons. The SMILES string of the molecule is O=C(N[C@@H]1CN2CCC1CC2)c1nsc2cc(-n3cccn3)ccc12. The fraction of sp³-hybridized carbons (Fsp3) is 0.389. The summed E-state index contributed by atoms with van der Waals surface area (Å²) < 4.78 is 7.25. The molecule has 0 aliphatic carbocycles. The lowest BCUT2D eigenvalue weighted by molar-refractivity contribution is 0.0619. The van der Waals surface area contributed by atoms with Crippen molar-refractivity contribution >= 4 is 27.5 Å². The lowest BCUT2D eigenvalue weighted by atomic mass is 9.84. The van der Waals surface area contributed by atoms with Gasteiger partial charge in [-0.1, -0.05) is 0 Å². The minimum atomic E-state index is -0.0446. The normalized spacial score (nSPS) is 25.4. The van der Waals surface area contributed by atoms with Gasteiger partial charge >= 0.3 is 0 Å². The number of hydrogen-bond donors (Lipinski definition) is 1. The Morgan fingerprint density at radius 2 is 2.16 bits per heavy atom. The average molecular weight is 353 g/mol. The maximum atomic E-state index is 12.8. The van der Waals surface area contributed by atoms with Gasteiger partial charge in [-0.05, 0) is 67.6 Å². The van der Waals surface area contributed by atoms with E-state index in [1.807, 2.05) is 35.1 Å². The highest BCUT2D eigenvalue weighted by molar-refractivity contribution is 7.13. The Morgan fingerprint density at radius 1 is 1.28 bits per heavy atom. The number of hydrogen-bond acceptors (Lipinski definition) is 5. The summed E-state index contributed by atoms with van der Waals surface area (Å²) in [5.74, 6) is 0.571. The predicted molar refractivity (Wildman–Crippen MR) is 97.2 cm³/mol. The van der Waals surface area contributed by atoms with Crippen LogP contribution >= 0.6 is 11.5 Å². The molecule has 1 N–H and O–H groups in total. The van der Waals surface area contributed by atoms with Crippen molar-refractivity contribution in [2.75, 3.05) is 19.6 Å². The maximum absolute atomic E-state index is 12.8. The molecule has 3 aliphatic heterocycles. The molecule has 3 saturated heterocycles. The lowest BCUT2D eigenvalue weighted by Gasteiger charge is -2.44. The third-order valence-electron chi connectivity index (χ3n) is 5.41. The quantitative estimate of drug-likeness (QED) is 0.785. The van der Waals surface area contributed by atoms with Crippen LogP contribution in [0, 0.1) is 5.92 Å². The molecule has 6 rings (SSSR count). The highest BCUT2D eigenvalue weighted by Crippen LogP contribution is 2.29. The number of benzene rings is 1. The lowest BCUT2D eigenvalue weighted by Crippen LogP contribution is -2.57. The first-order valence-electron chi connectivity index (χ1n) is 8.70. The number of carbonyl (C=O) groups excluding carboxylic acids is 1. The van der Waals surface area contributed by atoms with E-state index in [1.54, 1.807) is 6.20 Å². The van der Waals surface area contributed by atoms with Crippen LogP contribution in [-0.2, 0) is 0 Å². The topological polar surface area (TPSA) is 63.1 Å². The van der Waals surface area contributed by atoms with Crippen LogP contribution in [0.1, 0.15) is 23.3 Å². The van der Waals surface area contributed by atoms with Crippen molar-refractivity contribution in [1.82, 2.24) is 24.4 Å². The fourth-order valence-corrected chi connectivity index (χ4v) is 4.83. The molecule has 0 spiro atoms. The van der Waals surface area contributed by atoms with E-state index in [2.05, 4.69) is 19.7 Å². The molecular formula is C18H19N5OS. The summed E-state index contributed by atoms with van der Waals surface area (Å²) >= 11 is 1.37. The van der Waals surface area contributed by atoms with Crippen molar-refractivity contribution < 1.29 is 4.79 Å². The molecule has 5 heterocycles. The molecule has 2 aromatic heterocycles. The summed E-state index contributed by atoms with van der Waals surface area (Å²) in [6, 6.07) is 8.14. The van der Waals surface area contributed by atoms with Crippen molar-refractivity contribution in [3.05, 3.63) is 42.4 Å². The predicted octanol–water partition coefficient (Wildman–Crippen LogP) is 2.31. The highest BCUT2D eigenvalue weighted by atomic mass is 32.1. The molecular weight excluding hydrogens is 334 g/mol. The Kier molecular flexibility index (Phi) is 3.57. The minimum absolute atomic E-state index is 0.0446. The second kappa shape index (κ2) is 5.93. The van der Waals surface area contributed by atoms with E-state index < -0.39 is 0 Å². The zero-order valence-electron chi connectivity index (χ0n) is 13.8. The molecule has 128 valence electrons. The number of nitrogens with one attached hydrogen (secondary N) is 1. The minimum Gasteiger partial charge on any atom is -0.346 e. The Hall–Kier alpha value is -2.25. The van der Waals surface area contributed by atoms with Crippen molar-refractivity contribution in [2.45, 2.75) is 18.9 Å².